The predicted octanol–water partition coefficient (Wildman–Crippen LogP) is 5.72. The number of hydrogen-bond acceptors (Lipinski definition) is 0. The van der Waals surface area contributed by atoms with Gasteiger partial charge in [-0.1, -0.05) is 52.3 Å². The summed E-state index contributed by atoms with van der Waals surface area (Å²) in [6.45, 7) is 6.27. The van der Waals surface area contributed by atoms with Gasteiger partial charge in [0.1, 0.15) is 7.05 Å². The highest BCUT2D eigenvalue weighted by molar-refractivity contribution is 9.10. The van der Waals surface area contributed by atoms with Gasteiger partial charge in [-0.05, 0) is 37.1 Å². The average Bonchev–Trinajstić information content (AvgIpc) is 2.75. The third-order valence-electron chi connectivity index (χ3n) is 4.63. The zero-order chi connectivity index (χ0) is 16.4. The van der Waals surface area contributed by atoms with Crippen molar-refractivity contribution in [2.75, 3.05) is 7.05 Å². The Balaban J connectivity index is 2.09. The largest absolute Gasteiger partial charge is 0.209 e. The fourth-order valence-corrected chi connectivity index (χ4v) is 3.78. The van der Waals surface area contributed by atoms with Crippen LogP contribution in [0.15, 0.2) is 71.7 Å². The van der Waals surface area contributed by atoms with Gasteiger partial charge in [0.15, 0.2) is 5.71 Å². The molecule has 1 aliphatic heterocycles. The van der Waals surface area contributed by atoms with Crippen molar-refractivity contribution < 1.29 is 4.58 Å². The van der Waals surface area contributed by atoms with Gasteiger partial charge < -0.3 is 0 Å². The highest BCUT2D eigenvalue weighted by Crippen LogP contribution is 2.43. The van der Waals surface area contributed by atoms with Crippen LogP contribution in [0.2, 0.25) is 0 Å². The van der Waals surface area contributed by atoms with E-state index in [4.69, 9.17) is 0 Å². The van der Waals surface area contributed by atoms with Gasteiger partial charge in [0, 0.05) is 22.2 Å². The summed E-state index contributed by atoms with van der Waals surface area (Å²) in [4.78, 5) is 0. The van der Waals surface area contributed by atoms with E-state index in [-0.39, 0.29) is 5.41 Å². The van der Waals surface area contributed by atoms with E-state index in [0.29, 0.717) is 0 Å². The molecule has 3 rings (SSSR count). The van der Waals surface area contributed by atoms with Crippen LogP contribution in [-0.4, -0.2) is 17.3 Å². The molecule has 0 N–H and O–H groups in total. The predicted molar refractivity (Wildman–Crippen MR) is 103 cm³/mol. The molecule has 1 heterocycles. The van der Waals surface area contributed by atoms with E-state index in [1.807, 2.05) is 12.1 Å². The molecule has 0 saturated carbocycles. The molecular formula is C21H21BrN+. The van der Waals surface area contributed by atoms with Gasteiger partial charge in [0.25, 0.3) is 0 Å². The molecule has 2 aromatic carbocycles. The monoisotopic (exact) mass is 366 g/mol. The summed E-state index contributed by atoms with van der Waals surface area (Å²) in [5, 5.41) is 0. The normalized spacial score (nSPS) is 20.1. The summed E-state index contributed by atoms with van der Waals surface area (Å²) in [7, 11) is 2.14. The first-order valence-electron chi connectivity index (χ1n) is 7.81. The van der Waals surface area contributed by atoms with Crippen LogP contribution in [0.5, 0.6) is 0 Å². The van der Waals surface area contributed by atoms with Crippen LogP contribution in [0, 0.1) is 0 Å². The molecule has 0 bridgehead atoms. The highest BCUT2D eigenvalue weighted by atomic mass is 79.9. The lowest BCUT2D eigenvalue weighted by molar-refractivity contribution is -0.401. The smallest absolute Gasteiger partial charge is 0.198 e. The van der Waals surface area contributed by atoms with Crippen molar-refractivity contribution >= 4 is 33.4 Å². The van der Waals surface area contributed by atoms with Crippen LogP contribution < -0.4 is 0 Å². The first-order valence-corrected chi connectivity index (χ1v) is 8.61. The standard InChI is InChI=1S/C21H21BrN/c1-4-14-21(2)18-15-17(22)11-12-19(18)23(3)20(21)13-10-16-8-6-5-7-9-16/h4-13,15H,1,14H2,2-3H3/q+1/b13-10+. The van der Waals surface area contributed by atoms with Gasteiger partial charge in [0.2, 0.25) is 5.69 Å². The fraction of sp³-hybridized carbons (Fsp3) is 0.190. The highest BCUT2D eigenvalue weighted by Gasteiger charge is 2.45. The van der Waals surface area contributed by atoms with Crippen molar-refractivity contribution in [1.82, 2.24) is 0 Å². The Bertz CT molecular complexity index is 802. The molecule has 0 aromatic heterocycles. The molecule has 0 spiro atoms. The molecule has 0 radical (unpaired) electrons. The van der Waals surface area contributed by atoms with E-state index in [2.05, 4.69) is 95.7 Å². The molecule has 0 saturated heterocycles. The Morgan fingerprint density at radius 2 is 1.87 bits per heavy atom. The number of allylic oxidation sites excluding steroid dienone is 2. The maximum absolute atomic E-state index is 3.97. The van der Waals surface area contributed by atoms with Gasteiger partial charge in [-0.2, -0.15) is 4.58 Å². The van der Waals surface area contributed by atoms with Crippen LogP contribution in [-0.2, 0) is 5.41 Å². The lowest BCUT2D eigenvalue weighted by atomic mass is 9.76. The number of nitrogens with zero attached hydrogens (tertiary/aromatic N) is 1. The van der Waals surface area contributed by atoms with E-state index < -0.39 is 0 Å². The lowest BCUT2D eigenvalue weighted by Crippen LogP contribution is -2.29. The number of hydrogen-bond donors (Lipinski definition) is 0. The topological polar surface area (TPSA) is 3.01 Å². The summed E-state index contributed by atoms with van der Waals surface area (Å²) in [6.07, 6.45) is 7.36. The molecule has 1 unspecified atom stereocenters. The van der Waals surface area contributed by atoms with Crippen molar-refractivity contribution in [1.29, 1.82) is 0 Å². The van der Waals surface area contributed by atoms with Crippen molar-refractivity contribution in [2.24, 2.45) is 0 Å². The molecule has 0 aliphatic carbocycles. The van der Waals surface area contributed by atoms with E-state index >= 15 is 0 Å². The number of halogens is 1. The van der Waals surface area contributed by atoms with Gasteiger partial charge in [0.05, 0.1) is 5.41 Å². The maximum Gasteiger partial charge on any atom is 0.209 e. The Morgan fingerprint density at radius 1 is 1.13 bits per heavy atom. The summed E-state index contributed by atoms with van der Waals surface area (Å²) in [5.74, 6) is 0. The van der Waals surface area contributed by atoms with Gasteiger partial charge in [-0.3, -0.25) is 0 Å². The second-order valence-electron chi connectivity index (χ2n) is 6.17. The quantitative estimate of drug-likeness (QED) is 0.480. The Hall–Kier alpha value is -1.93. The minimum atomic E-state index is -0.0547. The number of fused-ring (bicyclic) bond motifs is 1. The van der Waals surface area contributed by atoms with E-state index in [0.717, 1.165) is 10.9 Å². The minimum absolute atomic E-state index is 0.0547. The van der Waals surface area contributed by atoms with Crippen LogP contribution in [0.25, 0.3) is 6.08 Å². The van der Waals surface area contributed by atoms with Crippen molar-refractivity contribution in [3.8, 4) is 0 Å². The minimum Gasteiger partial charge on any atom is -0.198 e. The Labute approximate surface area is 146 Å². The average molecular weight is 367 g/mol. The second-order valence-corrected chi connectivity index (χ2v) is 7.09. The molecule has 2 aromatic rings. The maximum atomic E-state index is 3.97. The third-order valence-corrected chi connectivity index (χ3v) is 5.12. The summed E-state index contributed by atoms with van der Waals surface area (Å²) in [6, 6.07) is 17.0. The Kier molecular flexibility index (Phi) is 4.36. The van der Waals surface area contributed by atoms with Crippen LogP contribution >= 0.6 is 15.9 Å². The zero-order valence-corrected chi connectivity index (χ0v) is 15.2. The molecular weight excluding hydrogens is 346 g/mol. The summed E-state index contributed by atoms with van der Waals surface area (Å²) >= 11 is 3.61. The third kappa shape index (κ3) is 2.84. The fourth-order valence-electron chi connectivity index (χ4n) is 3.42. The SMILES string of the molecule is C=CCC1(C)C(/C=C/c2ccccc2)=[N+](C)c2ccc(Br)cc21. The molecule has 0 fully saturated rings. The van der Waals surface area contributed by atoms with Crippen LogP contribution in [0.1, 0.15) is 24.5 Å². The molecule has 1 aliphatic rings. The van der Waals surface area contributed by atoms with Crippen molar-refractivity contribution in [3.05, 3.63) is 82.9 Å². The van der Waals surface area contributed by atoms with E-state index in [1.165, 1.54) is 22.5 Å². The first-order chi connectivity index (χ1) is 11.1. The lowest BCUT2D eigenvalue weighted by Gasteiger charge is -2.20. The van der Waals surface area contributed by atoms with Gasteiger partial charge >= 0.3 is 0 Å². The van der Waals surface area contributed by atoms with Crippen LogP contribution in [0.3, 0.4) is 0 Å². The second kappa shape index (κ2) is 6.29. The molecule has 1 atom stereocenters. The Morgan fingerprint density at radius 3 is 2.57 bits per heavy atom. The number of rotatable bonds is 4. The molecule has 116 valence electrons. The zero-order valence-electron chi connectivity index (χ0n) is 13.6. The van der Waals surface area contributed by atoms with E-state index in [1.54, 1.807) is 0 Å². The molecule has 2 heteroatoms. The molecule has 1 nitrogen and oxygen atoms in total. The number of benzene rings is 2. The van der Waals surface area contributed by atoms with Gasteiger partial charge in [-0.25, -0.2) is 0 Å². The van der Waals surface area contributed by atoms with Gasteiger partial charge in [-0.15, -0.1) is 6.58 Å². The first kappa shape index (κ1) is 15.9. The van der Waals surface area contributed by atoms with Crippen LogP contribution in [0.4, 0.5) is 5.69 Å². The van der Waals surface area contributed by atoms with Crippen molar-refractivity contribution in [2.45, 2.75) is 18.8 Å². The van der Waals surface area contributed by atoms with E-state index in [9.17, 15) is 0 Å². The van der Waals surface area contributed by atoms with Crippen molar-refractivity contribution in [3.63, 3.8) is 0 Å². The molecule has 23 heavy (non-hydrogen) atoms. The summed E-state index contributed by atoms with van der Waals surface area (Å²) < 4.78 is 3.42. The molecule has 0 amide bonds. The summed E-state index contributed by atoms with van der Waals surface area (Å²) in [5.41, 5.74) is 5.08.